The van der Waals surface area contributed by atoms with E-state index in [0.29, 0.717) is 46.4 Å². The van der Waals surface area contributed by atoms with Crippen LogP contribution in [0, 0.1) is 6.92 Å². The zero-order valence-corrected chi connectivity index (χ0v) is 22.2. The van der Waals surface area contributed by atoms with Crippen molar-refractivity contribution in [3.05, 3.63) is 61.9 Å². The van der Waals surface area contributed by atoms with Crippen molar-refractivity contribution in [2.24, 2.45) is 7.05 Å². The summed E-state index contributed by atoms with van der Waals surface area (Å²) in [6, 6.07) is 4.79. The van der Waals surface area contributed by atoms with Gasteiger partial charge in [0, 0.05) is 49.4 Å². The summed E-state index contributed by atoms with van der Waals surface area (Å²) in [4.78, 5) is 25.8. The number of carbonyl (C=O) groups excluding carboxylic acids is 2. The molecule has 0 atom stereocenters. The van der Waals surface area contributed by atoms with Crippen LogP contribution in [-0.4, -0.2) is 45.9 Å². The van der Waals surface area contributed by atoms with E-state index in [1.165, 1.54) is 5.01 Å². The second-order valence-corrected chi connectivity index (χ2v) is 9.66. The Morgan fingerprint density at radius 3 is 2.51 bits per heavy atom. The van der Waals surface area contributed by atoms with Crippen LogP contribution < -0.4 is 16.1 Å². The van der Waals surface area contributed by atoms with Gasteiger partial charge >= 0.3 is 6.18 Å². The number of amides is 2. The van der Waals surface area contributed by atoms with Gasteiger partial charge in [0.1, 0.15) is 5.15 Å². The van der Waals surface area contributed by atoms with Gasteiger partial charge in [0.15, 0.2) is 0 Å². The third kappa shape index (κ3) is 7.94. The van der Waals surface area contributed by atoms with Gasteiger partial charge in [-0.2, -0.15) is 18.3 Å². The SMILES string of the molecule is CC1=C(CC(=O)NCc2cc(Cl)ccc2CNCC(F)(F)F)C(=O)N(NCc2c(C)nn(C)c2Cl)CC1. The summed E-state index contributed by atoms with van der Waals surface area (Å²) in [5.41, 5.74) is 7.01. The number of halogens is 5. The Hall–Kier alpha value is -2.60. The Labute approximate surface area is 223 Å². The molecule has 13 heteroatoms. The zero-order valence-electron chi connectivity index (χ0n) is 20.7. The summed E-state index contributed by atoms with van der Waals surface area (Å²) in [6.45, 7) is 3.30. The van der Waals surface area contributed by atoms with Crippen molar-refractivity contribution >= 4 is 35.0 Å². The molecule has 202 valence electrons. The average molecular weight is 561 g/mol. The summed E-state index contributed by atoms with van der Waals surface area (Å²) < 4.78 is 39.0. The minimum absolute atomic E-state index is 0.0360. The third-order valence-electron chi connectivity index (χ3n) is 6.07. The maximum Gasteiger partial charge on any atom is 0.401 e. The highest BCUT2D eigenvalue weighted by atomic mass is 35.5. The highest BCUT2D eigenvalue weighted by Crippen LogP contribution is 2.23. The van der Waals surface area contributed by atoms with Gasteiger partial charge in [-0.1, -0.05) is 34.8 Å². The van der Waals surface area contributed by atoms with E-state index in [2.05, 4.69) is 21.2 Å². The quantitative estimate of drug-likeness (QED) is 0.409. The molecule has 0 bridgehead atoms. The number of rotatable bonds is 10. The molecule has 0 fully saturated rings. The van der Waals surface area contributed by atoms with E-state index in [-0.39, 0.29) is 31.3 Å². The van der Waals surface area contributed by atoms with Gasteiger partial charge < -0.3 is 10.6 Å². The lowest BCUT2D eigenvalue weighted by Crippen LogP contribution is -2.47. The van der Waals surface area contributed by atoms with Crippen molar-refractivity contribution in [3.63, 3.8) is 0 Å². The first-order chi connectivity index (χ1) is 17.4. The monoisotopic (exact) mass is 560 g/mol. The molecule has 3 rings (SSSR count). The van der Waals surface area contributed by atoms with Crippen LogP contribution in [0.4, 0.5) is 13.2 Å². The van der Waals surface area contributed by atoms with Crippen molar-refractivity contribution in [2.45, 2.75) is 52.5 Å². The molecule has 0 saturated carbocycles. The molecule has 2 heterocycles. The number of aryl methyl sites for hydroxylation is 2. The molecule has 1 aromatic carbocycles. The van der Waals surface area contributed by atoms with Crippen molar-refractivity contribution in [1.29, 1.82) is 0 Å². The first-order valence-electron chi connectivity index (χ1n) is 11.6. The summed E-state index contributed by atoms with van der Waals surface area (Å²) in [7, 11) is 1.74. The average Bonchev–Trinajstić information content (AvgIpc) is 3.06. The minimum atomic E-state index is -4.33. The molecule has 2 amide bonds. The van der Waals surface area contributed by atoms with Crippen LogP contribution in [0.15, 0.2) is 29.3 Å². The van der Waals surface area contributed by atoms with Crippen LogP contribution in [0.5, 0.6) is 0 Å². The number of aromatic nitrogens is 2. The molecule has 2 aromatic rings. The molecule has 1 aliphatic rings. The van der Waals surface area contributed by atoms with E-state index < -0.39 is 12.7 Å². The number of nitrogens with zero attached hydrogens (tertiary/aromatic N) is 3. The number of hydrogen-bond acceptors (Lipinski definition) is 5. The molecular weight excluding hydrogens is 532 g/mol. The van der Waals surface area contributed by atoms with E-state index in [0.717, 1.165) is 16.8 Å². The van der Waals surface area contributed by atoms with Gasteiger partial charge in [-0.05, 0) is 43.5 Å². The summed E-state index contributed by atoms with van der Waals surface area (Å²) >= 11 is 12.3. The Kier molecular flexibility index (Phi) is 9.63. The number of nitrogens with one attached hydrogen (secondary N) is 3. The molecule has 8 nitrogen and oxygen atoms in total. The molecule has 3 N–H and O–H groups in total. The van der Waals surface area contributed by atoms with Gasteiger partial charge in [0.05, 0.1) is 18.7 Å². The molecule has 0 radical (unpaired) electrons. The van der Waals surface area contributed by atoms with Crippen LogP contribution >= 0.6 is 23.2 Å². The first kappa shape index (κ1) is 29.0. The normalized spacial score (nSPS) is 14.5. The van der Waals surface area contributed by atoms with Crippen molar-refractivity contribution in [1.82, 2.24) is 30.8 Å². The number of alkyl halides is 3. The predicted octanol–water partition coefficient (Wildman–Crippen LogP) is 3.95. The van der Waals surface area contributed by atoms with Crippen LogP contribution in [0.2, 0.25) is 10.2 Å². The fourth-order valence-electron chi connectivity index (χ4n) is 3.99. The Bertz CT molecular complexity index is 1200. The minimum Gasteiger partial charge on any atom is -0.352 e. The topological polar surface area (TPSA) is 91.3 Å². The standard InChI is InChI=1S/C24H29Cl2F3N6O2/c1-14-6-7-35(32-12-20-15(2)33-34(3)22(20)26)23(37)19(14)9-21(36)31-11-17-8-18(25)5-4-16(17)10-30-13-24(27,28)29/h4-5,8,30,32H,6-7,9-13H2,1-3H3,(H,31,36). The number of hydrogen-bond donors (Lipinski definition) is 3. The molecule has 0 aliphatic carbocycles. The smallest absolute Gasteiger partial charge is 0.352 e. The van der Waals surface area contributed by atoms with Crippen molar-refractivity contribution in [2.75, 3.05) is 13.1 Å². The first-order valence-corrected chi connectivity index (χ1v) is 12.3. The molecule has 0 unspecified atom stereocenters. The molecular formula is C24H29Cl2F3N6O2. The third-order valence-corrected chi connectivity index (χ3v) is 6.78. The number of carbonyl (C=O) groups is 2. The maximum atomic E-state index is 13.1. The predicted molar refractivity (Wildman–Crippen MR) is 135 cm³/mol. The summed E-state index contributed by atoms with van der Waals surface area (Å²) in [5, 5.41) is 11.7. The summed E-state index contributed by atoms with van der Waals surface area (Å²) in [5.74, 6) is -0.679. The lowest BCUT2D eigenvalue weighted by atomic mass is 9.98. The second-order valence-electron chi connectivity index (χ2n) is 8.86. The fraction of sp³-hybridized carbons (Fsp3) is 0.458. The van der Waals surface area contributed by atoms with E-state index in [1.54, 1.807) is 29.9 Å². The van der Waals surface area contributed by atoms with Crippen LogP contribution in [0.1, 0.15) is 42.1 Å². The molecule has 1 aliphatic heterocycles. The lowest BCUT2D eigenvalue weighted by Gasteiger charge is -2.30. The lowest BCUT2D eigenvalue weighted by molar-refractivity contribution is -0.133. The Morgan fingerprint density at radius 2 is 1.86 bits per heavy atom. The Balaban J connectivity index is 1.59. The van der Waals surface area contributed by atoms with E-state index in [1.807, 2.05) is 13.8 Å². The molecule has 1 aromatic heterocycles. The van der Waals surface area contributed by atoms with E-state index in [4.69, 9.17) is 23.2 Å². The van der Waals surface area contributed by atoms with Crippen LogP contribution in [0.25, 0.3) is 0 Å². The van der Waals surface area contributed by atoms with Gasteiger partial charge in [0.2, 0.25) is 5.91 Å². The second kappa shape index (κ2) is 12.3. The zero-order chi connectivity index (χ0) is 27.3. The van der Waals surface area contributed by atoms with Gasteiger partial charge in [-0.3, -0.25) is 19.3 Å². The van der Waals surface area contributed by atoms with Crippen LogP contribution in [0.3, 0.4) is 0 Å². The van der Waals surface area contributed by atoms with Gasteiger partial charge in [-0.15, -0.1) is 0 Å². The highest BCUT2D eigenvalue weighted by molar-refractivity contribution is 6.30. The number of benzene rings is 1. The van der Waals surface area contributed by atoms with E-state index >= 15 is 0 Å². The molecule has 0 spiro atoms. The van der Waals surface area contributed by atoms with Crippen molar-refractivity contribution in [3.8, 4) is 0 Å². The van der Waals surface area contributed by atoms with Crippen LogP contribution in [-0.2, 0) is 36.3 Å². The molecule has 37 heavy (non-hydrogen) atoms. The highest BCUT2D eigenvalue weighted by Gasteiger charge is 2.28. The molecule has 0 saturated heterocycles. The fourth-order valence-corrected chi connectivity index (χ4v) is 4.43. The maximum absolute atomic E-state index is 13.1. The van der Waals surface area contributed by atoms with E-state index in [9.17, 15) is 22.8 Å². The number of hydrazine groups is 1. The summed E-state index contributed by atoms with van der Waals surface area (Å²) in [6.07, 6.45) is -3.85. The Morgan fingerprint density at radius 1 is 1.14 bits per heavy atom. The largest absolute Gasteiger partial charge is 0.401 e. The van der Waals surface area contributed by atoms with Crippen molar-refractivity contribution < 1.29 is 22.8 Å². The van der Waals surface area contributed by atoms with Gasteiger partial charge in [0.25, 0.3) is 5.91 Å². The van der Waals surface area contributed by atoms with Gasteiger partial charge in [-0.25, -0.2) is 5.43 Å².